The van der Waals surface area contributed by atoms with E-state index in [1.165, 1.54) is 6.21 Å². The number of nitrogens with zero attached hydrogens (tertiary/aromatic N) is 1. The maximum Gasteiger partial charge on any atom is 0.259 e. The average Bonchev–Trinajstić information content (AvgIpc) is 2.53. The van der Waals surface area contributed by atoms with Crippen LogP contribution in [0.4, 0.5) is 5.69 Å². The number of phenols is 1. The number of carbonyl (C=O) groups is 1. The number of carbonyl (C=O) groups excluding carboxylic acids is 1. The largest absolute Gasteiger partial charge is 0.508 e. The van der Waals surface area contributed by atoms with Crippen LogP contribution < -0.4 is 15.5 Å². The Hall–Kier alpha value is -3.02. The van der Waals surface area contributed by atoms with Crippen LogP contribution in [0.15, 0.2) is 53.6 Å². The van der Waals surface area contributed by atoms with Gasteiger partial charge >= 0.3 is 0 Å². The molecule has 0 aliphatic rings. The molecule has 2 aromatic carbocycles. The number of rotatable bonds is 6. The lowest BCUT2D eigenvalue weighted by Gasteiger charge is -2.06. The molecule has 0 atom stereocenters. The van der Waals surface area contributed by atoms with Gasteiger partial charge in [0.2, 0.25) is 0 Å². The van der Waals surface area contributed by atoms with E-state index >= 15 is 0 Å². The molecule has 0 aromatic heterocycles. The van der Waals surface area contributed by atoms with E-state index in [9.17, 15) is 9.90 Å². The van der Waals surface area contributed by atoms with Crippen LogP contribution in [-0.2, 0) is 4.79 Å². The van der Waals surface area contributed by atoms with E-state index in [2.05, 4.69) is 15.8 Å². The van der Waals surface area contributed by atoms with Crippen LogP contribution in [0, 0.1) is 0 Å². The number of hydrazone groups is 1. The zero-order valence-electron chi connectivity index (χ0n) is 12.1. The molecule has 0 saturated carbocycles. The molecule has 0 heterocycles. The summed E-state index contributed by atoms with van der Waals surface area (Å²) in [4.78, 5) is 11.6. The van der Waals surface area contributed by atoms with Crippen LogP contribution in [-0.4, -0.2) is 30.9 Å². The smallest absolute Gasteiger partial charge is 0.259 e. The third-order valence-corrected chi connectivity index (χ3v) is 2.82. The molecular formula is C16H17N3O3. The van der Waals surface area contributed by atoms with Crippen molar-refractivity contribution in [2.45, 2.75) is 0 Å². The number of hydrogen-bond donors (Lipinski definition) is 3. The molecule has 0 saturated heterocycles. The topological polar surface area (TPSA) is 83.0 Å². The van der Waals surface area contributed by atoms with Crippen molar-refractivity contribution < 1.29 is 14.6 Å². The van der Waals surface area contributed by atoms with E-state index in [1.54, 1.807) is 43.5 Å². The van der Waals surface area contributed by atoms with Gasteiger partial charge in [-0.1, -0.05) is 12.1 Å². The number of anilines is 1. The minimum absolute atomic E-state index is 0.101. The molecule has 0 aliphatic carbocycles. The Morgan fingerprint density at radius 1 is 1.27 bits per heavy atom. The number of aromatic hydroxyl groups is 1. The molecule has 1 amide bonds. The quantitative estimate of drug-likeness (QED) is 0.562. The molecule has 0 aliphatic heterocycles. The standard InChI is InChI=1S/C16H17N3O3/c1-22-15-7-5-13(6-8-15)17-11-16(21)19-18-10-12-3-2-4-14(20)9-12/h2-10,17,20H,11H2,1H3,(H,19,21)/b18-10-. The third-order valence-electron chi connectivity index (χ3n) is 2.82. The molecule has 114 valence electrons. The second-order valence-corrected chi connectivity index (χ2v) is 4.47. The molecule has 0 bridgehead atoms. The van der Waals surface area contributed by atoms with E-state index in [4.69, 9.17) is 4.74 Å². The molecule has 2 rings (SSSR count). The highest BCUT2D eigenvalue weighted by molar-refractivity contribution is 5.84. The first-order valence-electron chi connectivity index (χ1n) is 6.66. The summed E-state index contributed by atoms with van der Waals surface area (Å²) in [5.41, 5.74) is 3.92. The molecule has 0 unspecified atom stereocenters. The van der Waals surface area contributed by atoms with Crippen molar-refractivity contribution in [2.24, 2.45) is 5.10 Å². The fraction of sp³-hybridized carbons (Fsp3) is 0.125. The van der Waals surface area contributed by atoms with E-state index in [0.717, 1.165) is 11.4 Å². The second-order valence-electron chi connectivity index (χ2n) is 4.47. The van der Waals surface area contributed by atoms with Gasteiger partial charge in [-0.25, -0.2) is 5.43 Å². The first-order chi connectivity index (χ1) is 10.7. The van der Waals surface area contributed by atoms with Gasteiger partial charge in [-0.3, -0.25) is 4.79 Å². The van der Waals surface area contributed by atoms with E-state index < -0.39 is 0 Å². The van der Waals surface area contributed by atoms with Gasteiger partial charge in [0.1, 0.15) is 11.5 Å². The lowest BCUT2D eigenvalue weighted by atomic mass is 10.2. The zero-order valence-corrected chi connectivity index (χ0v) is 12.1. The second kappa shape index (κ2) is 7.68. The van der Waals surface area contributed by atoms with Gasteiger partial charge in [-0.15, -0.1) is 0 Å². The number of benzene rings is 2. The van der Waals surface area contributed by atoms with E-state index in [0.29, 0.717) is 5.56 Å². The van der Waals surface area contributed by atoms with Crippen molar-refractivity contribution in [3.05, 3.63) is 54.1 Å². The van der Waals surface area contributed by atoms with E-state index in [1.807, 2.05) is 12.1 Å². The Labute approximate surface area is 128 Å². The highest BCUT2D eigenvalue weighted by Crippen LogP contribution is 2.14. The van der Waals surface area contributed by atoms with Gasteiger partial charge in [0.25, 0.3) is 5.91 Å². The summed E-state index contributed by atoms with van der Waals surface area (Å²) in [5, 5.41) is 16.1. The highest BCUT2D eigenvalue weighted by atomic mass is 16.5. The Bertz CT molecular complexity index is 654. The summed E-state index contributed by atoms with van der Waals surface area (Å²) in [5.74, 6) is 0.634. The summed E-state index contributed by atoms with van der Waals surface area (Å²) < 4.78 is 5.05. The number of nitrogens with one attached hydrogen (secondary N) is 2. The summed E-state index contributed by atoms with van der Waals surface area (Å²) in [6.45, 7) is 0.101. The summed E-state index contributed by atoms with van der Waals surface area (Å²) in [6, 6.07) is 13.8. The van der Waals surface area contributed by atoms with E-state index in [-0.39, 0.29) is 18.2 Å². The Morgan fingerprint density at radius 3 is 2.73 bits per heavy atom. The van der Waals surface area contributed by atoms with Gasteiger partial charge in [0.15, 0.2) is 0 Å². The Kier molecular flexibility index (Phi) is 5.37. The zero-order chi connectivity index (χ0) is 15.8. The Balaban J connectivity index is 1.77. The van der Waals surface area contributed by atoms with Gasteiger partial charge in [0, 0.05) is 5.69 Å². The lowest BCUT2D eigenvalue weighted by molar-refractivity contribution is -0.119. The van der Waals surface area contributed by atoms with Gasteiger partial charge in [0.05, 0.1) is 19.9 Å². The third kappa shape index (κ3) is 4.82. The molecule has 3 N–H and O–H groups in total. The highest BCUT2D eigenvalue weighted by Gasteiger charge is 2.00. The maximum atomic E-state index is 11.6. The first kappa shape index (κ1) is 15.4. The Morgan fingerprint density at radius 2 is 2.05 bits per heavy atom. The molecule has 22 heavy (non-hydrogen) atoms. The number of ether oxygens (including phenoxy) is 1. The molecule has 0 radical (unpaired) electrons. The van der Waals surface area contributed by atoms with Crippen LogP contribution in [0.5, 0.6) is 11.5 Å². The minimum Gasteiger partial charge on any atom is -0.508 e. The average molecular weight is 299 g/mol. The SMILES string of the molecule is COc1ccc(NCC(=O)N/N=C\c2cccc(O)c2)cc1. The predicted octanol–water partition coefficient (Wildman–Crippen LogP) is 1.96. The van der Waals surface area contributed by atoms with Crippen LogP contribution in [0.3, 0.4) is 0 Å². The normalized spacial score (nSPS) is 10.4. The maximum absolute atomic E-state index is 11.6. The van der Waals surface area contributed by atoms with Crippen molar-refractivity contribution >= 4 is 17.8 Å². The molecule has 6 heteroatoms. The minimum atomic E-state index is -0.271. The lowest BCUT2D eigenvalue weighted by Crippen LogP contribution is -2.25. The number of amides is 1. The molecule has 0 fully saturated rings. The predicted molar refractivity (Wildman–Crippen MR) is 85.3 cm³/mol. The number of phenolic OH excluding ortho intramolecular Hbond substituents is 1. The summed E-state index contributed by atoms with van der Waals surface area (Å²) in [6.07, 6.45) is 1.46. The molecule has 6 nitrogen and oxygen atoms in total. The van der Waals surface area contributed by atoms with Crippen LogP contribution in [0.2, 0.25) is 0 Å². The monoisotopic (exact) mass is 299 g/mol. The van der Waals surface area contributed by atoms with Crippen LogP contribution >= 0.6 is 0 Å². The van der Waals surface area contributed by atoms with Gasteiger partial charge in [-0.05, 0) is 42.0 Å². The summed E-state index contributed by atoms with van der Waals surface area (Å²) in [7, 11) is 1.60. The molecule has 0 spiro atoms. The van der Waals surface area contributed by atoms with Gasteiger partial charge in [-0.2, -0.15) is 5.10 Å². The van der Waals surface area contributed by atoms with Crippen molar-refractivity contribution in [3.63, 3.8) is 0 Å². The first-order valence-corrected chi connectivity index (χ1v) is 6.66. The van der Waals surface area contributed by atoms with Crippen molar-refractivity contribution in [3.8, 4) is 11.5 Å². The number of hydrogen-bond acceptors (Lipinski definition) is 5. The fourth-order valence-electron chi connectivity index (χ4n) is 1.71. The van der Waals surface area contributed by atoms with Crippen molar-refractivity contribution in [1.29, 1.82) is 0 Å². The van der Waals surface area contributed by atoms with Gasteiger partial charge < -0.3 is 15.2 Å². The van der Waals surface area contributed by atoms with Crippen LogP contribution in [0.25, 0.3) is 0 Å². The molecule has 2 aromatic rings. The van der Waals surface area contributed by atoms with Crippen molar-refractivity contribution in [2.75, 3.05) is 19.0 Å². The molecular weight excluding hydrogens is 282 g/mol. The van der Waals surface area contributed by atoms with Crippen LogP contribution in [0.1, 0.15) is 5.56 Å². The number of methoxy groups -OCH3 is 1. The fourth-order valence-corrected chi connectivity index (χ4v) is 1.71. The summed E-state index contributed by atoms with van der Waals surface area (Å²) >= 11 is 0. The van der Waals surface area contributed by atoms with Crippen molar-refractivity contribution in [1.82, 2.24) is 5.43 Å².